The third-order valence-corrected chi connectivity index (χ3v) is 12.9. The minimum Gasteiger partial charge on any atom is -0.481 e. The average molecular weight is 1190 g/mol. The van der Waals surface area contributed by atoms with Crippen molar-refractivity contribution in [3.05, 3.63) is 36.4 Å². The van der Waals surface area contributed by atoms with Crippen molar-refractivity contribution in [3.8, 4) is 0 Å². The molecule has 0 aliphatic heterocycles. The van der Waals surface area contributed by atoms with E-state index in [0.717, 1.165) is 0 Å². The zero-order valence-electron chi connectivity index (χ0n) is 43.3. The van der Waals surface area contributed by atoms with Gasteiger partial charge in [-0.25, -0.2) is 13.2 Å². The third kappa shape index (κ3) is 22.6. The van der Waals surface area contributed by atoms with Gasteiger partial charge in [-0.2, -0.15) is 4.72 Å². The van der Waals surface area contributed by atoms with Crippen molar-refractivity contribution in [2.75, 3.05) is 25.6 Å². The largest absolute Gasteiger partial charge is 0.481 e. The molecule has 0 spiro atoms. The van der Waals surface area contributed by atoms with Crippen molar-refractivity contribution in [2.24, 2.45) is 5.73 Å². The van der Waals surface area contributed by atoms with E-state index in [1.54, 1.807) is 31.1 Å². The van der Waals surface area contributed by atoms with E-state index in [-0.39, 0.29) is 10.3 Å². The van der Waals surface area contributed by atoms with Gasteiger partial charge in [-0.05, 0) is 31.4 Å². The van der Waals surface area contributed by atoms with Crippen LogP contribution in [0.5, 0.6) is 0 Å². The molecule has 0 unspecified atom stereocenters. The maximum absolute atomic E-state index is 13.9. The summed E-state index contributed by atoms with van der Waals surface area (Å²) < 4.78 is 29.8. The molecule has 0 saturated carbocycles. The summed E-state index contributed by atoms with van der Waals surface area (Å²) >= 11 is 0. The maximum Gasteiger partial charge on any atom is 0.326 e. The van der Waals surface area contributed by atoms with Gasteiger partial charge in [0.25, 0.3) is 0 Å². The maximum atomic E-state index is 13.9. The third-order valence-electron chi connectivity index (χ3n) is 11.3. The van der Waals surface area contributed by atoms with Crippen molar-refractivity contribution in [3.63, 3.8) is 0 Å². The number of hydrogen-bond acceptors (Lipinski definition) is 19. The van der Waals surface area contributed by atoms with Gasteiger partial charge >= 0.3 is 41.8 Å². The smallest absolute Gasteiger partial charge is 0.326 e. The highest BCUT2D eigenvalue weighted by molar-refractivity contribution is 7.89. The van der Waals surface area contributed by atoms with Gasteiger partial charge in [0.15, 0.2) is 0 Å². The summed E-state index contributed by atoms with van der Waals surface area (Å²) in [5.74, 6) is -24.1. The SMILES string of the molecule is CN(C)c1cccc2c(S(=O)(=O)N[C@@H](CCC(=O)O)C(=O)N[C@@H](CC(=O)O)C(=O)N[C@@H](CC(=O)O)C(=O)N[C@@H](CO)C(=O)N[C@@H](CC(=O)O)C(=O)N[C@@H](CCC(=O)O)C(=O)N[C@@H](CCC(=O)O)C(=O)N[C@@H](CC(N)=O)C(=O)O)cccc12. The lowest BCUT2D eigenvalue weighted by Crippen LogP contribution is -2.61. The number of nitrogens with zero attached hydrogens (tertiary/aromatic N) is 1. The van der Waals surface area contributed by atoms with Crippen LogP contribution in [0.4, 0.5) is 5.69 Å². The molecule has 0 fully saturated rings. The molecular weight excluding hydrogens is 1120 g/mol. The van der Waals surface area contributed by atoms with Gasteiger partial charge in [-0.3, -0.25) is 67.1 Å². The highest BCUT2D eigenvalue weighted by Crippen LogP contribution is 2.30. The monoisotopic (exact) mass is 1180 g/mol. The first kappa shape index (κ1) is 68.5. The number of nitrogens with two attached hydrogens (primary N) is 1. The molecule has 0 heterocycles. The Morgan fingerprint density at radius 2 is 0.768 bits per heavy atom. The molecule has 0 aromatic heterocycles. The van der Waals surface area contributed by atoms with Crippen LogP contribution in [0.25, 0.3) is 10.8 Å². The molecule has 36 heteroatoms. The van der Waals surface area contributed by atoms with Gasteiger partial charge in [0.2, 0.25) is 57.3 Å². The Morgan fingerprint density at radius 3 is 1.13 bits per heavy atom. The second-order valence-corrected chi connectivity index (χ2v) is 19.6. The minimum absolute atomic E-state index is 0.159. The molecule has 8 atom stereocenters. The number of aliphatic hydroxyl groups excluding tert-OH is 1. The number of carbonyl (C=O) groups is 15. The van der Waals surface area contributed by atoms with Gasteiger partial charge in [-0.1, -0.05) is 24.3 Å². The number of anilines is 1. The fourth-order valence-electron chi connectivity index (χ4n) is 7.38. The van der Waals surface area contributed by atoms with E-state index in [9.17, 15) is 121 Å². The molecular formula is C46H60N10O25S. The first-order valence-electron chi connectivity index (χ1n) is 23.9. The van der Waals surface area contributed by atoms with Crippen LogP contribution in [0.15, 0.2) is 41.3 Å². The number of amides is 8. The van der Waals surface area contributed by atoms with E-state index >= 15 is 0 Å². The van der Waals surface area contributed by atoms with E-state index in [1.165, 1.54) is 24.3 Å². The number of carboxylic acids is 7. The number of sulfonamides is 1. The topological polar surface area (TPSA) is 578 Å². The number of benzene rings is 2. The number of fused-ring (bicyclic) bond motifs is 1. The summed E-state index contributed by atoms with van der Waals surface area (Å²) in [6.07, 6.45) is -10.3. The zero-order chi connectivity index (χ0) is 62.3. The predicted octanol–water partition coefficient (Wildman–Crippen LogP) is -6.08. The summed E-state index contributed by atoms with van der Waals surface area (Å²) in [7, 11) is -1.40. The number of nitrogens with one attached hydrogen (secondary N) is 8. The van der Waals surface area contributed by atoms with Crippen LogP contribution in [0.1, 0.15) is 64.2 Å². The molecule has 2 aromatic rings. The molecule has 18 N–H and O–H groups in total. The van der Waals surface area contributed by atoms with E-state index in [0.29, 0.717) is 11.1 Å². The van der Waals surface area contributed by atoms with Crippen LogP contribution in [0.3, 0.4) is 0 Å². The second-order valence-electron chi connectivity index (χ2n) is 17.9. The Hall–Kier alpha value is -9.58. The quantitative estimate of drug-likeness (QED) is 0.0299. The Balaban J connectivity index is 2.43. The van der Waals surface area contributed by atoms with Crippen LogP contribution < -0.4 is 52.6 Å². The van der Waals surface area contributed by atoms with Crippen molar-refractivity contribution in [2.45, 2.75) is 117 Å². The Labute approximate surface area is 462 Å². The van der Waals surface area contributed by atoms with Crippen molar-refractivity contribution >= 4 is 116 Å². The first-order chi connectivity index (χ1) is 38.2. The summed E-state index contributed by atoms with van der Waals surface area (Å²) in [5.41, 5.74) is 5.59. The Bertz CT molecular complexity index is 2920. The number of aliphatic carboxylic acids is 7. The number of carbonyl (C=O) groups excluding carboxylic acids is 8. The van der Waals surface area contributed by atoms with E-state index < -0.39 is 218 Å². The number of aliphatic hydroxyl groups is 1. The highest BCUT2D eigenvalue weighted by atomic mass is 32.2. The molecule has 8 amide bonds. The van der Waals surface area contributed by atoms with Crippen LogP contribution in [-0.2, 0) is 81.9 Å². The first-order valence-corrected chi connectivity index (χ1v) is 25.4. The summed E-state index contributed by atoms with van der Waals surface area (Å²) in [6.45, 7) is -1.46. The van der Waals surface area contributed by atoms with Gasteiger partial charge < -0.3 is 88.7 Å². The van der Waals surface area contributed by atoms with Gasteiger partial charge in [-0.15, -0.1) is 0 Å². The molecule has 2 aromatic carbocycles. The summed E-state index contributed by atoms with van der Waals surface area (Å²) in [5, 5.41) is 90.1. The van der Waals surface area contributed by atoms with E-state index in [2.05, 4.69) is 4.72 Å². The van der Waals surface area contributed by atoms with Gasteiger partial charge in [0.05, 0.1) is 37.2 Å². The lowest BCUT2D eigenvalue weighted by molar-refractivity contribution is -0.144. The molecule has 2 rings (SSSR count). The van der Waals surface area contributed by atoms with Crippen LogP contribution in [0.2, 0.25) is 0 Å². The molecule has 0 aliphatic carbocycles. The van der Waals surface area contributed by atoms with E-state index in [1.807, 2.05) is 37.2 Å². The number of primary amides is 1. The molecule has 450 valence electrons. The lowest BCUT2D eigenvalue weighted by atomic mass is 10.1. The molecule has 0 aliphatic rings. The van der Waals surface area contributed by atoms with Crippen molar-refractivity contribution in [1.82, 2.24) is 41.9 Å². The fourth-order valence-corrected chi connectivity index (χ4v) is 8.83. The molecule has 35 nitrogen and oxygen atoms in total. The number of rotatable bonds is 37. The number of carboxylic acid groups (broad SMARTS) is 7. The molecule has 0 bridgehead atoms. The minimum atomic E-state index is -4.77. The van der Waals surface area contributed by atoms with Gasteiger partial charge in [0, 0.05) is 49.8 Å². The second kappa shape index (κ2) is 31.9. The Kier molecular flexibility index (Phi) is 26.6. The van der Waals surface area contributed by atoms with Gasteiger partial charge in [0.1, 0.15) is 48.3 Å². The van der Waals surface area contributed by atoms with E-state index in [4.69, 9.17) is 5.73 Å². The van der Waals surface area contributed by atoms with Crippen molar-refractivity contribution in [1.29, 1.82) is 0 Å². The average Bonchev–Trinajstić information content (AvgIpc) is 3.37. The number of hydrogen-bond donors (Lipinski definition) is 17. The van der Waals surface area contributed by atoms with Crippen molar-refractivity contribution < 1.29 is 121 Å². The molecule has 0 radical (unpaired) electrons. The molecule has 82 heavy (non-hydrogen) atoms. The summed E-state index contributed by atoms with van der Waals surface area (Å²) in [6, 6.07) is -8.58. The zero-order valence-corrected chi connectivity index (χ0v) is 44.1. The standard InChI is InChI=1S/C46H60N10O25S/c1-56(2)30-7-3-6-21-20(30)5-4-8-31(21)82(80,81)55-24(11-14-35(63)64)41(73)50-26(17-37(67)68)43(75)51-27(18-38(69)70)44(76)54-29(19-57)45(77)52-25(16-36(65)66)42(74)49-22(9-12-33(59)60)39(71)48-23(10-13-34(61)62)40(72)53-28(46(78)79)15-32(47)58/h3-8,22-29,55,57H,9-19H2,1-2H3,(H2,47,58)(H,48,71)(H,49,74)(H,50,73)(H,51,75)(H,52,77)(H,53,72)(H,54,76)(H,59,60)(H,61,62)(H,63,64)(H,65,66)(H,67,68)(H,69,70)(H,78,79)/t22-,23-,24-,25-,26-,27-,28-,29-/m0/s1. The fraction of sp³-hybridized carbons (Fsp3) is 0.457. The predicted molar refractivity (Wildman–Crippen MR) is 272 cm³/mol. The normalized spacial score (nSPS) is 14.0. The summed E-state index contributed by atoms with van der Waals surface area (Å²) in [4.78, 5) is 189. The molecule has 0 saturated heterocycles. The lowest BCUT2D eigenvalue weighted by Gasteiger charge is -2.27. The highest BCUT2D eigenvalue weighted by Gasteiger charge is 2.37. The van der Waals surface area contributed by atoms with Crippen LogP contribution in [-0.4, -0.2) is 207 Å². The van der Waals surface area contributed by atoms with Crippen LogP contribution in [0, 0.1) is 0 Å². The Morgan fingerprint density at radius 1 is 0.439 bits per heavy atom. The van der Waals surface area contributed by atoms with Crippen LogP contribution >= 0.6 is 0 Å².